The molecule has 122 valence electrons. The van der Waals surface area contributed by atoms with E-state index in [0.29, 0.717) is 28.6 Å². The molecule has 23 heavy (non-hydrogen) atoms. The first-order valence-electron chi connectivity index (χ1n) is 6.74. The maximum Gasteiger partial charge on any atom is 0.323 e. The molecule has 1 amide bonds. The van der Waals surface area contributed by atoms with Gasteiger partial charge in [0.15, 0.2) is 11.5 Å². The predicted octanol–water partition coefficient (Wildman–Crippen LogP) is 2.38. The normalized spacial score (nSPS) is 16.1. The molecule has 0 atom stereocenters. The van der Waals surface area contributed by atoms with Gasteiger partial charge in [-0.05, 0) is 19.1 Å². The molecule has 0 radical (unpaired) electrons. The van der Waals surface area contributed by atoms with E-state index in [4.69, 9.17) is 26.8 Å². The summed E-state index contributed by atoms with van der Waals surface area (Å²) in [5.74, 6) is -0.450. The number of carbonyl (C=O) groups is 2. The molecular weight excluding hydrogens is 338 g/mol. The summed E-state index contributed by atoms with van der Waals surface area (Å²) in [6, 6.07) is 5.33. The summed E-state index contributed by atoms with van der Waals surface area (Å²) >= 11 is 6.14. The maximum absolute atomic E-state index is 12.3. The van der Waals surface area contributed by atoms with Crippen molar-refractivity contribution < 1.29 is 24.2 Å². The number of aliphatic carboxylic acids is 1. The lowest BCUT2D eigenvalue weighted by molar-refractivity contribution is -0.140. The molecular formula is C15H15NO5S2. The van der Waals surface area contributed by atoms with Crippen molar-refractivity contribution in [1.29, 1.82) is 0 Å². The molecule has 1 fully saturated rings. The number of thioether (sulfide) groups is 1. The van der Waals surface area contributed by atoms with Gasteiger partial charge >= 0.3 is 5.97 Å². The van der Waals surface area contributed by atoms with Crippen LogP contribution in [0, 0.1) is 0 Å². The van der Waals surface area contributed by atoms with E-state index >= 15 is 0 Å². The number of ether oxygens (including phenoxy) is 2. The van der Waals surface area contributed by atoms with E-state index in [2.05, 4.69) is 0 Å². The number of hydrogen-bond donors (Lipinski definition) is 1. The van der Waals surface area contributed by atoms with Gasteiger partial charge in [-0.2, -0.15) is 0 Å². The molecule has 0 aromatic heterocycles. The van der Waals surface area contributed by atoms with E-state index < -0.39 is 18.4 Å². The van der Waals surface area contributed by atoms with Crippen molar-refractivity contribution in [2.75, 3.05) is 20.3 Å². The summed E-state index contributed by atoms with van der Waals surface area (Å²) in [5, 5.41) is 8.85. The highest BCUT2D eigenvalue weighted by atomic mass is 32.2. The molecule has 0 aliphatic carbocycles. The number of carboxylic acid groups (broad SMARTS) is 1. The third-order valence-electron chi connectivity index (χ3n) is 2.97. The summed E-state index contributed by atoms with van der Waals surface area (Å²) < 4.78 is 11.1. The molecule has 2 rings (SSSR count). The Hall–Kier alpha value is -2.06. The zero-order chi connectivity index (χ0) is 17.0. The summed E-state index contributed by atoms with van der Waals surface area (Å²) in [6.45, 7) is 1.85. The molecule has 6 nitrogen and oxygen atoms in total. The Kier molecular flexibility index (Phi) is 5.62. The van der Waals surface area contributed by atoms with Crippen LogP contribution in [-0.4, -0.2) is 46.5 Å². The van der Waals surface area contributed by atoms with E-state index in [9.17, 15) is 9.59 Å². The summed E-state index contributed by atoms with van der Waals surface area (Å²) in [7, 11) is 1.54. The Bertz CT molecular complexity index is 686. The second-order valence-electron chi connectivity index (χ2n) is 4.47. The second-order valence-corrected chi connectivity index (χ2v) is 6.15. The molecule has 0 spiro atoms. The highest BCUT2D eigenvalue weighted by Gasteiger charge is 2.33. The first-order chi connectivity index (χ1) is 11.0. The third kappa shape index (κ3) is 3.83. The monoisotopic (exact) mass is 353 g/mol. The van der Waals surface area contributed by atoms with Gasteiger partial charge in [0.05, 0.1) is 18.6 Å². The first-order valence-corrected chi connectivity index (χ1v) is 7.97. The molecule has 1 aliphatic heterocycles. The number of thiocarbonyl (C=S) groups is 1. The van der Waals surface area contributed by atoms with Crippen LogP contribution in [0.4, 0.5) is 0 Å². The standard InChI is InChI=1S/C15H15NO5S2/c1-3-21-13-9(5-4-6-10(13)20-2)7-11-14(19)16(8-12(17)18)15(22)23-11/h4-7H,3,8H2,1-2H3,(H,17,18)/b11-7-. The molecule has 0 bridgehead atoms. The molecule has 1 aromatic carbocycles. The largest absolute Gasteiger partial charge is 0.493 e. The number of carboxylic acids is 1. The average molecular weight is 353 g/mol. The van der Waals surface area contributed by atoms with Gasteiger partial charge in [0, 0.05) is 5.56 Å². The van der Waals surface area contributed by atoms with Crippen LogP contribution in [0.2, 0.25) is 0 Å². The number of benzene rings is 1. The first kappa shape index (κ1) is 17.3. The molecule has 0 saturated carbocycles. The number of hydrogen-bond acceptors (Lipinski definition) is 6. The van der Waals surface area contributed by atoms with E-state index in [1.165, 1.54) is 7.11 Å². The highest BCUT2D eigenvalue weighted by Crippen LogP contribution is 2.37. The van der Waals surface area contributed by atoms with Crippen LogP contribution in [0.3, 0.4) is 0 Å². The number of amides is 1. The number of nitrogens with zero attached hydrogens (tertiary/aromatic N) is 1. The molecule has 1 aliphatic rings. The van der Waals surface area contributed by atoms with E-state index in [0.717, 1.165) is 16.7 Å². The Labute approximate surface area is 143 Å². The van der Waals surface area contributed by atoms with Crippen molar-refractivity contribution in [2.24, 2.45) is 0 Å². The minimum absolute atomic E-state index is 0.226. The lowest BCUT2D eigenvalue weighted by Crippen LogP contribution is -2.33. The van der Waals surface area contributed by atoms with Crippen LogP contribution < -0.4 is 9.47 Å². The van der Waals surface area contributed by atoms with Crippen molar-refractivity contribution in [3.63, 3.8) is 0 Å². The smallest absolute Gasteiger partial charge is 0.323 e. The molecule has 8 heteroatoms. The topological polar surface area (TPSA) is 76.1 Å². The number of rotatable bonds is 6. The highest BCUT2D eigenvalue weighted by molar-refractivity contribution is 8.26. The van der Waals surface area contributed by atoms with Gasteiger partial charge < -0.3 is 14.6 Å². The minimum Gasteiger partial charge on any atom is -0.493 e. The van der Waals surface area contributed by atoms with Crippen molar-refractivity contribution in [1.82, 2.24) is 4.90 Å². The van der Waals surface area contributed by atoms with Gasteiger partial charge in [-0.3, -0.25) is 14.5 Å². The third-order valence-corrected chi connectivity index (χ3v) is 4.35. The van der Waals surface area contributed by atoms with Gasteiger partial charge in [-0.25, -0.2) is 0 Å². The fraction of sp³-hybridized carbons (Fsp3) is 0.267. The van der Waals surface area contributed by atoms with Gasteiger partial charge in [0.1, 0.15) is 10.9 Å². The second kappa shape index (κ2) is 7.47. The van der Waals surface area contributed by atoms with Crippen LogP contribution in [0.15, 0.2) is 23.1 Å². The number of para-hydroxylation sites is 1. The summed E-state index contributed by atoms with van der Waals surface area (Å²) in [5.41, 5.74) is 0.669. The zero-order valence-electron chi connectivity index (χ0n) is 12.6. The van der Waals surface area contributed by atoms with Crippen LogP contribution >= 0.6 is 24.0 Å². The number of carbonyl (C=O) groups excluding carboxylic acids is 1. The lowest BCUT2D eigenvalue weighted by Gasteiger charge is -2.12. The van der Waals surface area contributed by atoms with Gasteiger partial charge in [0.2, 0.25) is 0 Å². The van der Waals surface area contributed by atoms with Crippen LogP contribution in [0.1, 0.15) is 12.5 Å². The molecule has 1 saturated heterocycles. The zero-order valence-corrected chi connectivity index (χ0v) is 14.2. The van der Waals surface area contributed by atoms with E-state index in [-0.39, 0.29) is 4.32 Å². The van der Waals surface area contributed by atoms with Crippen LogP contribution in [-0.2, 0) is 9.59 Å². The van der Waals surface area contributed by atoms with Gasteiger partial charge in [0.25, 0.3) is 5.91 Å². The number of methoxy groups -OCH3 is 1. The Balaban J connectivity index is 2.37. The molecule has 0 unspecified atom stereocenters. The maximum atomic E-state index is 12.3. The van der Waals surface area contributed by atoms with Crippen molar-refractivity contribution in [3.8, 4) is 11.5 Å². The van der Waals surface area contributed by atoms with E-state index in [1.807, 2.05) is 6.92 Å². The fourth-order valence-electron chi connectivity index (χ4n) is 2.02. The minimum atomic E-state index is -1.11. The molecule has 1 N–H and O–H groups in total. The molecule has 1 heterocycles. The SMILES string of the molecule is CCOc1c(/C=C2\SC(=S)N(CC(=O)O)C2=O)cccc1OC. The van der Waals surface area contributed by atoms with Gasteiger partial charge in [-0.1, -0.05) is 36.1 Å². The predicted molar refractivity (Wildman–Crippen MR) is 91.7 cm³/mol. The Morgan fingerprint density at radius 1 is 1.48 bits per heavy atom. The molecule has 1 aromatic rings. The fourth-order valence-corrected chi connectivity index (χ4v) is 3.26. The lowest BCUT2D eigenvalue weighted by atomic mass is 10.1. The van der Waals surface area contributed by atoms with Crippen molar-refractivity contribution in [2.45, 2.75) is 6.92 Å². The Morgan fingerprint density at radius 2 is 2.22 bits per heavy atom. The van der Waals surface area contributed by atoms with Gasteiger partial charge in [-0.15, -0.1) is 0 Å². The van der Waals surface area contributed by atoms with Crippen LogP contribution in [0.25, 0.3) is 6.08 Å². The van der Waals surface area contributed by atoms with Crippen LogP contribution in [0.5, 0.6) is 11.5 Å². The summed E-state index contributed by atoms with van der Waals surface area (Å²) in [6.07, 6.45) is 1.63. The quantitative estimate of drug-likeness (QED) is 0.621. The van der Waals surface area contributed by atoms with E-state index in [1.54, 1.807) is 24.3 Å². The van der Waals surface area contributed by atoms with Crippen molar-refractivity contribution >= 4 is 46.3 Å². The average Bonchev–Trinajstić information content (AvgIpc) is 2.76. The van der Waals surface area contributed by atoms with Crippen molar-refractivity contribution in [3.05, 3.63) is 28.7 Å². The summed E-state index contributed by atoms with van der Waals surface area (Å²) in [4.78, 5) is 24.5. The Morgan fingerprint density at radius 3 is 2.83 bits per heavy atom.